The molecule has 25 heavy (non-hydrogen) atoms. The number of ether oxygens (including phenoxy) is 3. The van der Waals surface area contributed by atoms with Crippen molar-refractivity contribution in [1.29, 1.82) is 0 Å². The summed E-state index contributed by atoms with van der Waals surface area (Å²) in [7, 11) is 0. The Morgan fingerprint density at radius 2 is 2.00 bits per heavy atom. The molecule has 0 saturated heterocycles. The smallest absolute Gasteiger partial charge is 0.231 e. The first-order chi connectivity index (χ1) is 12.3. The Bertz CT molecular complexity index is 828. The summed E-state index contributed by atoms with van der Waals surface area (Å²) < 4.78 is 19.3. The lowest BCUT2D eigenvalue weighted by Gasteiger charge is -2.23. The highest BCUT2D eigenvalue weighted by Gasteiger charge is 2.52. The SMILES string of the molecule is CCCCCN1SC2(COc3cc4c(cc32)OCO4)c2cccnc21. The molecule has 0 bridgehead atoms. The van der Waals surface area contributed by atoms with E-state index >= 15 is 0 Å². The van der Waals surface area contributed by atoms with Crippen LogP contribution >= 0.6 is 11.9 Å². The van der Waals surface area contributed by atoms with Crippen molar-refractivity contribution in [3.8, 4) is 17.2 Å². The second-order valence-electron chi connectivity index (χ2n) is 6.59. The van der Waals surface area contributed by atoms with Gasteiger partial charge in [-0.1, -0.05) is 25.8 Å². The molecule has 1 spiro atoms. The van der Waals surface area contributed by atoms with Crippen LogP contribution < -0.4 is 18.5 Å². The lowest BCUT2D eigenvalue weighted by molar-refractivity contribution is 0.173. The molecule has 4 heterocycles. The zero-order chi connectivity index (χ0) is 16.9. The van der Waals surface area contributed by atoms with Crippen molar-refractivity contribution < 1.29 is 14.2 Å². The molecule has 1 atom stereocenters. The number of nitrogens with zero attached hydrogens (tertiary/aromatic N) is 2. The molecule has 5 rings (SSSR count). The van der Waals surface area contributed by atoms with Gasteiger partial charge in [-0.3, -0.25) is 4.31 Å². The minimum atomic E-state index is -0.244. The van der Waals surface area contributed by atoms with E-state index in [9.17, 15) is 0 Å². The van der Waals surface area contributed by atoms with E-state index in [0.717, 1.165) is 35.2 Å². The number of hydrogen-bond acceptors (Lipinski definition) is 6. The molecule has 1 aromatic carbocycles. The normalized spacial score (nSPS) is 22.2. The number of pyridine rings is 1. The number of unbranched alkanes of at least 4 members (excludes halogenated alkanes) is 2. The maximum atomic E-state index is 6.08. The van der Waals surface area contributed by atoms with Gasteiger partial charge in [-0.2, -0.15) is 0 Å². The monoisotopic (exact) mass is 356 g/mol. The van der Waals surface area contributed by atoms with Crippen LogP contribution in [0, 0.1) is 0 Å². The Hall–Kier alpha value is -2.08. The van der Waals surface area contributed by atoms with Crippen LogP contribution in [0.5, 0.6) is 17.2 Å². The third-order valence-corrected chi connectivity index (χ3v) is 6.47. The first kappa shape index (κ1) is 15.2. The molecule has 2 aromatic rings. The summed E-state index contributed by atoms with van der Waals surface area (Å²) in [5, 5.41) is 0. The van der Waals surface area contributed by atoms with Gasteiger partial charge in [0.15, 0.2) is 11.5 Å². The molecule has 0 saturated carbocycles. The minimum Gasteiger partial charge on any atom is -0.491 e. The van der Waals surface area contributed by atoms with Gasteiger partial charge >= 0.3 is 0 Å². The average Bonchev–Trinajstić information content (AvgIpc) is 3.32. The molecule has 3 aliphatic rings. The van der Waals surface area contributed by atoms with E-state index in [1.54, 1.807) is 0 Å². The van der Waals surface area contributed by atoms with Crippen molar-refractivity contribution >= 4 is 17.8 Å². The van der Waals surface area contributed by atoms with Crippen molar-refractivity contribution in [1.82, 2.24) is 4.98 Å². The lowest BCUT2D eigenvalue weighted by Crippen LogP contribution is -2.24. The largest absolute Gasteiger partial charge is 0.491 e. The van der Waals surface area contributed by atoms with Crippen LogP contribution in [0.3, 0.4) is 0 Å². The van der Waals surface area contributed by atoms with Gasteiger partial charge in [-0.25, -0.2) is 4.98 Å². The van der Waals surface area contributed by atoms with E-state index in [-0.39, 0.29) is 11.5 Å². The standard InChI is InChI=1S/C19H20N2O3S/c1-2-3-4-8-21-18-13(6-5-7-20-18)19(25-21)11-22-15-10-17-16(9-14(15)19)23-12-24-17/h5-7,9-10H,2-4,8,11-12H2,1H3. The zero-order valence-electron chi connectivity index (χ0n) is 14.2. The fourth-order valence-electron chi connectivity index (χ4n) is 3.76. The molecular formula is C19H20N2O3S. The van der Waals surface area contributed by atoms with Gasteiger partial charge in [0.2, 0.25) is 6.79 Å². The summed E-state index contributed by atoms with van der Waals surface area (Å²) in [5.41, 5.74) is 2.39. The fraction of sp³-hybridized carbons (Fsp3) is 0.421. The van der Waals surface area contributed by atoms with Crippen LogP contribution in [0.2, 0.25) is 0 Å². The van der Waals surface area contributed by atoms with Gasteiger partial charge in [0, 0.05) is 29.9 Å². The van der Waals surface area contributed by atoms with Gasteiger partial charge in [-0.15, -0.1) is 0 Å². The third-order valence-electron chi connectivity index (χ3n) is 5.03. The number of anilines is 1. The molecule has 0 fully saturated rings. The summed E-state index contributed by atoms with van der Waals surface area (Å²) in [6.07, 6.45) is 5.50. The second-order valence-corrected chi connectivity index (χ2v) is 7.91. The number of hydrogen-bond donors (Lipinski definition) is 0. The summed E-state index contributed by atoms with van der Waals surface area (Å²) in [5.74, 6) is 3.53. The maximum absolute atomic E-state index is 6.08. The van der Waals surface area contributed by atoms with Crippen molar-refractivity contribution in [3.05, 3.63) is 41.6 Å². The van der Waals surface area contributed by atoms with E-state index in [1.165, 1.54) is 24.8 Å². The van der Waals surface area contributed by atoms with Crippen LogP contribution in [0.1, 0.15) is 37.3 Å². The van der Waals surface area contributed by atoms with E-state index in [4.69, 9.17) is 14.2 Å². The van der Waals surface area contributed by atoms with Crippen LogP contribution in [-0.4, -0.2) is 24.9 Å². The molecule has 0 radical (unpaired) electrons. The molecule has 1 unspecified atom stereocenters. The van der Waals surface area contributed by atoms with Crippen molar-refractivity contribution in [2.75, 3.05) is 24.2 Å². The average molecular weight is 356 g/mol. The molecule has 130 valence electrons. The van der Waals surface area contributed by atoms with Gasteiger partial charge < -0.3 is 14.2 Å². The summed E-state index contributed by atoms with van der Waals surface area (Å²) in [6, 6.07) is 8.24. The first-order valence-corrected chi connectivity index (χ1v) is 9.58. The Balaban J connectivity index is 1.57. The highest BCUT2D eigenvalue weighted by Crippen LogP contribution is 2.60. The third kappa shape index (κ3) is 2.20. The Kier molecular flexibility index (Phi) is 3.48. The highest BCUT2D eigenvalue weighted by molar-refractivity contribution is 8.02. The highest BCUT2D eigenvalue weighted by atomic mass is 32.2. The fourth-order valence-corrected chi connectivity index (χ4v) is 5.22. The Morgan fingerprint density at radius 1 is 1.12 bits per heavy atom. The molecule has 0 aliphatic carbocycles. The number of fused-ring (bicyclic) bond motifs is 5. The summed E-state index contributed by atoms with van der Waals surface area (Å²) in [6.45, 7) is 4.12. The topological polar surface area (TPSA) is 43.8 Å². The van der Waals surface area contributed by atoms with E-state index in [2.05, 4.69) is 28.3 Å². The van der Waals surface area contributed by atoms with Crippen LogP contribution in [0.15, 0.2) is 30.5 Å². The van der Waals surface area contributed by atoms with Crippen molar-refractivity contribution in [2.45, 2.75) is 30.9 Å². The molecule has 0 N–H and O–H groups in total. The lowest BCUT2D eigenvalue weighted by atomic mass is 9.92. The van der Waals surface area contributed by atoms with Crippen LogP contribution in [0.25, 0.3) is 0 Å². The van der Waals surface area contributed by atoms with E-state index in [1.807, 2.05) is 30.3 Å². The number of rotatable bonds is 4. The maximum Gasteiger partial charge on any atom is 0.231 e. The van der Waals surface area contributed by atoms with Crippen LogP contribution in [-0.2, 0) is 4.75 Å². The zero-order valence-corrected chi connectivity index (χ0v) is 15.0. The predicted octanol–water partition coefficient (Wildman–Crippen LogP) is 4.10. The number of aromatic nitrogens is 1. The van der Waals surface area contributed by atoms with Crippen molar-refractivity contribution in [2.24, 2.45) is 0 Å². The van der Waals surface area contributed by atoms with Crippen LogP contribution in [0.4, 0.5) is 5.82 Å². The first-order valence-electron chi connectivity index (χ1n) is 8.81. The summed E-state index contributed by atoms with van der Waals surface area (Å²) in [4.78, 5) is 4.68. The van der Waals surface area contributed by atoms with Gasteiger partial charge in [-0.05, 0) is 30.5 Å². The van der Waals surface area contributed by atoms with Gasteiger partial charge in [0.1, 0.15) is 22.9 Å². The Labute approximate surface area is 151 Å². The summed E-state index contributed by atoms with van der Waals surface area (Å²) >= 11 is 1.84. The number of benzene rings is 1. The molecule has 1 aromatic heterocycles. The molecule has 0 amide bonds. The van der Waals surface area contributed by atoms with Gasteiger partial charge in [0.25, 0.3) is 0 Å². The van der Waals surface area contributed by atoms with E-state index in [0.29, 0.717) is 6.61 Å². The Morgan fingerprint density at radius 3 is 2.88 bits per heavy atom. The molecule has 3 aliphatic heterocycles. The van der Waals surface area contributed by atoms with Gasteiger partial charge in [0.05, 0.1) is 0 Å². The molecule has 6 heteroatoms. The second kappa shape index (κ2) is 5.73. The predicted molar refractivity (Wildman–Crippen MR) is 97.5 cm³/mol. The van der Waals surface area contributed by atoms with Crippen molar-refractivity contribution in [3.63, 3.8) is 0 Å². The molecule has 5 nitrogen and oxygen atoms in total. The minimum absolute atomic E-state index is 0.244. The van der Waals surface area contributed by atoms with E-state index < -0.39 is 0 Å². The quantitative estimate of drug-likeness (QED) is 0.607. The molecular weight excluding hydrogens is 336 g/mol.